The van der Waals surface area contributed by atoms with Crippen molar-refractivity contribution in [2.45, 2.75) is 44.7 Å². The van der Waals surface area contributed by atoms with Crippen LogP contribution in [0.2, 0.25) is 0 Å². The van der Waals surface area contributed by atoms with Crippen LogP contribution in [0.25, 0.3) is 10.8 Å². The van der Waals surface area contributed by atoms with E-state index in [1.807, 2.05) is 63.2 Å². The molecule has 0 fully saturated rings. The molecule has 0 aliphatic carbocycles. The molecule has 1 aliphatic heterocycles. The number of hydrogen-bond donors (Lipinski definition) is 0. The number of esters is 1. The largest absolute Gasteiger partial charge is 0.463 e. The van der Waals surface area contributed by atoms with Crippen LogP contribution in [0.1, 0.15) is 32.8 Å². The molecule has 3 rings (SSSR count). The highest BCUT2D eigenvalue weighted by atomic mass is 16.7. The zero-order valence-electron chi connectivity index (χ0n) is 16.4. The Morgan fingerprint density at radius 3 is 2.44 bits per heavy atom. The van der Waals surface area contributed by atoms with E-state index in [9.17, 15) is 4.79 Å². The summed E-state index contributed by atoms with van der Waals surface area (Å²) in [5.74, 6) is -1.61. The molecule has 0 bridgehead atoms. The predicted octanol–water partition coefficient (Wildman–Crippen LogP) is 4.30. The predicted molar refractivity (Wildman–Crippen MR) is 103 cm³/mol. The lowest BCUT2D eigenvalue weighted by atomic mass is 9.93. The summed E-state index contributed by atoms with van der Waals surface area (Å²) in [5.41, 5.74) is 0.434. The van der Waals surface area contributed by atoms with Gasteiger partial charge in [-0.1, -0.05) is 36.4 Å². The lowest BCUT2D eigenvalue weighted by Crippen LogP contribution is -2.43. The Bertz CT molecular complexity index is 864. The van der Waals surface area contributed by atoms with E-state index in [2.05, 4.69) is 0 Å². The van der Waals surface area contributed by atoms with E-state index in [1.54, 1.807) is 13.2 Å². The van der Waals surface area contributed by atoms with E-state index in [0.29, 0.717) is 6.42 Å². The smallest absolute Gasteiger partial charge is 0.373 e. The molecule has 0 amide bonds. The van der Waals surface area contributed by atoms with Crippen molar-refractivity contribution in [3.8, 4) is 0 Å². The van der Waals surface area contributed by atoms with Crippen molar-refractivity contribution in [1.82, 2.24) is 0 Å². The molecule has 144 valence electrons. The third kappa shape index (κ3) is 4.15. The Morgan fingerprint density at radius 2 is 1.81 bits per heavy atom. The fourth-order valence-corrected chi connectivity index (χ4v) is 3.33. The summed E-state index contributed by atoms with van der Waals surface area (Å²) in [5, 5.41) is 2.19. The van der Waals surface area contributed by atoms with Crippen LogP contribution in [-0.2, 0) is 29.5 Å². The maximum Gasteiger partial charge on any atom is 0.373 e. The zero-order chi connectivity index (χ0) is 19.7. The second kappa shape index (κ2) is 7.33. The molecule has 0 N–H and O–H groups in total. The van der Waals surface area contributed by atoms with E-state index in [0.717, 1.165) is 16.3 Å². The highest BCUT2D eigenvalue weighted by Crippen LogP contribution is 2.40. The van der Waals surface area contributed by atoms with Crippen LogP contribution >= 0.6 is 0 Å². The van der Waals surface area contributed by atoms with Crippen LogP contribution in [0.5, 0.6) is 0 Å². The number of carbonyl (C=O) groups is 1. The summed E-state index contributed by atoms with van der Waals surface area (Å²) in [6.45, 7) is 5.91. The van der Waals surface area contributed by atoms with Crippen LogP contribution in [-0.4, -0.2) is 31.9 Å². The molecule has 0 saturated heterocycles. The number of methoxy groups -OCH3 is 2. The van der Waals surface area contributed by atoms with Crippen molar-refractivity contribution in [1.29, 1.82) is 0 Å². The molecular formula is C22H26O5. The molecule has 0 aromatic heterocycles. The second-order valence-electron chi connectivity index (χ2n) is 7.62. The number of carbonyl (C=O) groups excluding carboxylic acids is 1. The zero-order valence-corrected chi connectivity index (χ0v) is 16.4. The maximum absolute atomic E-state index is 12.2. The van der Waals surface area contributed by atoms with Gasteiger partial charge in [-0.25, -0.2) is 4.79 Å². The molecule has 0 spiro atoms. The Hall–Kier alpha value is -2.37. The minimum atomic E-state index is -1.14. The summed E-state index contributed by atoms with van der Waals surface area (Å²) in [4.78, 5) is 12.2. The number of hydrogen-bond acceptors (Lipinski definition) is 5. The van der Waals surface area contributed by atoms with Gasteiger partial charge in [-0.2, -0.15) is 0 Å². The number of rotatable bonds is 4. The summed E-state index contributed by atoms with van der Waals surface area (Å²) >= 11 is 0. The van der Waals surface area contributed by atoms with Gasteiger partial charge in [-0.3, -0.25) is 0 Å². The average molecular weight is 370 g/mol. The topological polar surface area (TPSA) is 54.0 Å². The molecule has 0 saturated carbocycles. The molecule has 2 atom stereocenters. The summed E-state index contributed by atoms with van der Waals surface area (Å²) in [6, 6.07) is 14.1. The molecule has 5 heteroatoms. The van der Waals surface area contributed by atoms with Gasteiger partial charge in [-0.05, 0) is 43.7 Å². The Morgan fingerprint density at radius 1 is 1.11 bits per heavy atom. The fraction of sp³-hybridized carbons (Fsp3) is 0.409. The van der Waals surface area contributed by atoms with E-state index >= 15 is 0 Å². The molecule has 2 aromatic carbocycles. The normalized spacial score (nSPS) is 22.9. The van der Waals surface area contributed by atoms with E-state index in [1.165, 1.54) is 7.11 Å². The van der Waals surface area contributed by atoms with Crippen molar-refractivity contribution in [2.75, 3.05) is 14.2 Å². The third-order valence-corrected chi connectivity index (χ3v) is 4.49. The van der Waals surface area contributed by atoms with Crippen molar-refractivity contribution >= 4 is 16.7 Å². The van der Waals surface area contributed by atoms with Crippen LogP contribution < -0.4 is 0 Å². The molecule has 27 heavy (non-hydrogen) atoms. The lowest BCUT2D eigenvalue weighted by molar-refractivity contribution is -0.243. The van der Waals surface area contributed by atoms with Crippen LogP contribution in [0.15, 0.2) is 54.3 Å². The van der Waals surface area contributed by atoms with Gasteiger partial charge in [0.15, 0.2) is 0 Å². The molecule has 2 aromatic rings. The Balaban J connectivity index is 2.05. The first kappa shape index (κ1) is 19.4. The maximum atomic E-state index is 12.2. The molecule has 0 radical (unpaired) electrons. The van der Waals surface area contributed by atoms with Gasteiger partial charge in [-0.15, -0.1) is 0 Å². The van der Waals surface area contributed by atoms with Gasteiger partial charge < -0.3 is 18.9 Å². The molecule has 1 aliphatic rings. The van der Waals surface area contributed by atoms with E-state index in [-0.39, 0.29) is 17.5 Å². The number of ether oxygens (including phenoxy) is 4. The quantitative estimate of drug-likeness (QED) is 0.751. The van der Waals surface area contributed by atoms with Crippen LogP contribution in [0.4, 0.5) is 0 Å². The van der Waals surface area contributed by atoms with Crippen LogP contribution in [0, 0.1) is 0 Å². The van der Waals surface area contributed by atoms with Crippen molar-refractivity contribution in [3.05, 3.63) is 59.9 Å². The summed E-state index contributed by atoms with van der Waals surface area (Å²) in [7, 11) is 2.90. The summed E-state index contributed by atoms with van der Waals surface area (Å²) < 4.78 is 22.9. The minimum Gasteiger partial charge on any atom is -0.463 e. The van der Waals surface area contributed by atoms with Gasteiger partial charge in [0.25, 0.3) is 0 Å². The Labute approximate surface area is 159 Å². The molecular weight excluding hydrogens is 344 g/mol. The van der Waals surface area contributed by atoms with Gasteiger partial charge in [0.05, 0.1) is 18.8 Å². The van der Waals surface area contributed by atoms with E-state index < -0.39 is 11.8 Å². The van der Waals surface area contributed by atoms with Gasteiger partial charge in [0, 0.05) is 19.1 Å². The lowest BCUT2D eigenvalue weighted by Gasteiger charge is -2.40. The molecule has 0 unspecified atom stereocenters. The van der Waals surface area contributed by atoms with Gasteiger partial charge in [0.2, 0.25) is 11.5 Å². The number of fused-ring (bicyclic) bond motifs is 1. The van der Waals surface area contributed by atoms with Crippen molar-refractivity contribution in [2.24, 2.45) is 0 Å². The van der Waals surface area contributed by atoms with Gasteiger partial charge >= 0.3 is 5.97 Å². The highest BCUT2D eigenvalue weighted by molar-refractivity contribution is 5.86. The number of benzene rings is 2. The Kier molecular flexibility index (Phi) is 5.27. The first-order chi connectivity index (χ1) is 12.8. The van der Waals surface area contributed by atoms with Crippen LogP contribution in [0.3, 0.4) is 0 Å². The van der Waals surface area contributed by atoms with Crippen molar-refractivity contribution in [3.63, 3.8) is 0 Å². The van der Waals surface area contributed by atoms with Crippen molar-refractivity contribution < 1.29 is 23.7 Å². The fourth-order valence-electron chi connectivity index (χ4n) is 3.33. The minimum absolute atomic E-state index is 0.0907. The summed E-state index contributed by atoms with van der Waals surface area (Å²) in [6.07, 6.45) is 1.72. The standard InChI is InChI=1S/C22H26O5/c1-21(2,3)26-18-13-19(20(23)24-4)27-22(14-18,25-5)17-11-10-15-8-6-7-9-16(15)12-17/h6-13,18H,14H2,1-5H3/t18-,22+/m1/s1. The highest BCUT2D eigenvalue weighted by Gasteiger charge is 2.44. The average Bonchev–Trinajstić information content (AvgIpc) is 2.65. The monoisotopic (exact) mass is 370 g/mol. The van der Waals surface area contributed by atoms with E-state index in [4.69, 9.17) is 18.9 Å². The SMILES string of the molecule is COC(=O)C1=C[C@@H](OC(C)(C)C)C[C@@](OC)(c2ccc3ccccc3c2)O1. The molecule has 5 nitrogen and oxygen atoms in total. The first-order valence-electron chi connectivity index (χ1n) is 8.98. The van der Waals surface area contributed by atoms with Gasteiger partial charge in [0.1, 0.15) is 0 Å². The third-order valence-electron chi connectivity index (χ3n) is 4.49. The second-order valence-corrected chi connectivity index (χ2v) is 7.62. The first-order valence-corrected chi connectivity index (χ1v) is 8.98. The molecule has 1 heterocycles.